The number of nitrogens with zero attached hydrogens (tertiary/aromatic N) is 2. The normalized spacial score (nSPS) is 19.4. The summed E-state index contributed by atoms with van der Waals surface area (Å²) in [7, 11) is 0. The molecule has 2 rings (SSSR count). The molecule has 1 aromatic heterocycles. The van der Waals surface area contributed by atoms with E-state index >= 15 is 0 Å². The molecular formula is C15H23N3OS. The van der Waals surface area contributed by atoms with Crippen molar-refractivity contribution in [3.8, 4) is 0 Å². The molecule has 4 nitrogen and oxygen atoms in total. The van der Waals surface area contributed by atoms with Crippen LogP contribution < -0.4 is 5.32 Å². The van der Waals surface area contributed by atoms with E-state index in [-0.39, 0.29) is 10.8 Å². The molecule has 110 valence electrons. The number of hydrogen-bond donors (Lipinski definition) is 1. The van der Waals surface area contributed by atoms with E-state index in [0.29, 0.717) is 12.5 Å². The lowest BCUT2D eigenvalue weighted by Gasteiger charge is -2.37. The lowest BCUT2D eigenvalue weighted by Crippen LogP contribution is -2.50. The Morgan fingerprint density at radius 1 is 1.50 bits per heavy atom. The molecule has 2 amide bonds. The van der Waals surface area contributed by atoms with Crippen LogP contribution in [0.4, 0.5) is 4.79 Å². The van der Waals surface area contributed by atoms with E-state index in [2.05, 4.69) is 31.1 Å². The van der Waals surface area contributed by atoms with E-state index in [1.54, 1.807) is 12.4 Å². The lowest BCUT2D eigenvalue weighted by atomic mass is 10.0. The van der Waals surface area contributed by atoms with Gasteiger partial charge in [0.25, 0.3) is 0 Å². The summed E-state index contributed by atoms with van der Waals surface area (Å²) < 4.78 is 0.159. The molecule has 0 spiro atoms. The van der Waals surface area contributed by atoms with Crippen molar-refractivity contribution in [1.82, 2.24) is 15.2 Å². The number of pyridine rings is 1. The van der Waals surface area contributed by atoms with Gasteiger partial charge in [-0.05, 0) is 37.5 Å². The highest BCUT2D eigenvalue weighted by atomic mass is 32.2. The summed E-state index contributed by atoms with van der Waals surface area (Å²) in [4.78, 5) is 18.2. The van der Waals surface area contributed by atoms with Crippen LogP contribution in [-0.4, -0.2) is 46.0 Å². The molecule has 1 N–H and O–H groups in total. The Balaban J connectivity index is 1.83. The van der Waals surface area contributed by atoms with Crippen molar-refractivity contribution in [1.29, 1.82) is 0 Å². The smallest absolute Gasteiger partial charge is 0.317 e. The maximum absolute atomic E-state index is 12.2. The second kappa shape index (κ2) is 6.48. The van der Waals surface area contributed by atoms with Gasteiger partial charge in [0, 0.05) is 42.5 Å². The van der Waals surface area contributed by atoms with Gasteiger partial charge >= 0.3 is 6.03 Å². The van der Waals surface area contributed by atoms with Gasteiger partial charge in [-0.25, -0.2) is 4.79 Å². The van der Waals surface area contributed by atoms with Gasteiger partial charge in [0.2, 0.25) is 0 Å². The van der Waals surface area contributed by atoms with Crippen molar-refractivity contribution in [3.05, 3.63) is 30.1 Å². The first-order chi connectivity index (χ1) is 9.48. The van der Waals surface area contributed by atoms with E-state index in [4.69, 9.17) is 0 Å². The molecule has 1 saturated heterocycles. The molecule has 2 heterocycles. The third-order valence-corrected chi connectivity index (χ3v) is 4.84. The van der Waals surface area contributed by atoms with E-state index in [1.807, 2.05) is 28.8 Å². The Morgan fingerprint density at radius 2 is 2.20 bits per heavy atom. The van der Waals surface area contributed by atoms with Crippen LogP contribution in [0.3, 0.4) is 0 Å². The van der Waals surface area contributed by atoms with Crippen molar-refractivity contribution in [2.45, 2.75) is 31.4 Å². The van der Waals surface area contributed by atoms with Crippen LogP contribution in [-0.2, 0) is 0 Å². The summed E-state index contributed by atoms with van der Waals surface area (Å²) in [5.41, 5.74) is 1.20. The number of urea groups is 1. The van der Waals surface area contributed by atoms with Gasteiger partial charge in [-0.1, -0.05) is 6.92 Å². The van der Waals surface area contributed by atoms with Crippen molar-refractivity contribution in [2.75, 3.05) is 25.4 Å². The van der Waals surface area contributed by atoms with Crippen LogP contribution in [0.25, 0.3) is 0 Å². The summed E-state index contributed by atoms with van der Waals surface area (Å²) in [6, 6.07) is 4.05. The molecule has 1 aliphatic rings. The van der Waals surface area contributed by atoms with Gasteiger partial charge < -0.3 is 10.2 Å². The van der Waals surface area contributed by atoms with Gasteiger partial charge in [0.1, 0.15) is 0 Å². The van der Waals surface area contributed by atoms with Crippen molar-refractivity contribution in [2.24, 2.45) is 0 Å². The second-order valence-corrected chi connectivity index (χ2v) is 7.70. The molecule has 1 fully saturated rings. The average molecular weight is 293 g/mol. The minimum Gasteiger partial charge on any atom is -0.337 e. The average Bonchev–Trinajstić information content (AvgIpc) is 2.44. The zero-order valence-corrected chi connectivity index (χ0v) is 13.2. The van der Waals surface area contributed by atoms with Crippen LogP contribution in [0.2, 0.25) is 0 Å². The Bertz CT molecular complexity index is 450. The number of carbonyl (C=O) groups is 1. The number of carbonyl (C=O) groups excluding carboxylic acids is 1. The minimum absolute atomic E-state index is 0.0549. The molecule has 1 atom stereocenters. The molecule has 0 aromatic carbocycles. The maximum Gasteiger partial charge on any atom is 0.317 e. The fourth-order valence-corrected chi connectivity index (χ4v) is 3.46. The molecular weight excluding hydrogens is 270 g/mol. The summed E-state index contributed by atoms with van der Waals surface area (Å²) in [5, 5.41) is 3.05. The molecule has 0 radical (unpaired) electrons. The van der Waals surface area contributed by atoms with Crippen LogP contribution >= 0.6 is 11.8 Å². The first-order valence-electron chi connectivity index (χ1n) is 7.04. The fourth-order valence-electron chi connectivity index (χ4n) is 2.35. The van der Waals surface area contributed by atoms with Gasteiger partial charge in [-0.15, -0.1) is 0 Å². The lowest BCUT2D eigenvalue weighted by molar-refractivity contribution is 0.194. The molecule has 20 heavy (non-hydrogen) atoms. The predicted octanol–water partition coefficient (Wildman–Crippen LogP) is 2.72. The van der Waals surface area contributed by atoms with E-state index in [1.165, 1.54) is 5.56 Å². The fraction of sp³-hybridized carbons (Fsp3) is 0.600. The van der Waals surface area contributed by atoms with Crippen LogP contribution in [0.5, 0.6) is 0 Å². The molecule has 1 aliphatic heterocycles. The first kappa shape index (κ1) is 15.2. The third-order valence-electron chi connectivity index (χ3n) is 3.55. The predicted molar refractivity (Wildman–Crippen MR) is 84.2 cm³/mol. The molecule has 1 unspecified atom stereocenters. The molecule has 1 aromatic rings. The zero-order chi connectivity index (χ0) is 14.6. The zero-order valence-electron chi connectivity index (χ0n) is 12.4. The standard InChI is InChI=1S/C15H23N3OS/c1-12(13-4-6-16-7-5-13)10-17-14(19)18-8-9-20-15(2,3)11-18/h4-7,12H,8-11H2,1-3H3,(H,17,19). The number of nitrogens with one attached hydrogen (secondary N) is 1. The van der Waals surface area contributed by atoms with Crippen molar-refractivity contribution >= 4 is 17.8 Å². The SMILES string of the molecule is CC(CNC(=O)N1CCSC(C)(C)C1)c1ccncc1. The van der Waals surface area contributed by atoms with Crippen molar-refractivity contribution in [3.63, 3.8) is 0 Å². The number of rotatable bonds is 3. The van der Waals surface area contributed by atoms with Crippen LogP contribution in [0, 0.1) is 0 Å². The summed E-state index contributed by atoms with van der Waals surface area (Å²) in [5.74, 6) is 1.31. The first-order valence-corrected chi connectivity index (χ1v) is 8.03. The van der Waals surface area contributed by atoms with Gasteiger partial charge in [-0.2, -0.15) is 11.8 Å². The van der Waals surface area contributed by atoms with E-state index in [9.17, 15) is 4.79 Å². The Hall–Kier alpha value is -1.23. The van der Waals surface area contributed by atoms with Crippen LogP contribution in [0.15, 0.2) is 24.5 Å². The van der Waals surface area contributed by atoms with Crippen molar-refractivity contribution < 1.29 is 4.79 Å². The highest BCUT2D eigenvalue weighted by Gasteiger charge is 2.29. The summed E-state index contributed by atoms with van der Waals surface area (Å²) >= 11 is 1.93. The second-order valence-electron chi connectivity index (χ2n) is 5.90. The van der Waals surface area contributed by atoms with E-state index in [0.717, 1.165) is 18.8 Å². The monoisotopic (exact) mass is 293 g/mol. The minimum atomic E-state index is 0.0549. The Labute approximate surface area is 125 Å². The summed E-state index contributed by atoms with van der Waals surface area (Å²) in [6.07, 6.45) is 3.58. The Kier molecular flexibility index (Phi) is 4.91. The molecule has 0 bridgehead atoms. The highest BCUT2D eigenvalue weighted by molar-refractivity contribution is 8.00. The molecule has 0 aliphatic carbocycles. The third kappa shape index (κ3) is 4.13. The topological polar surface area (TPSA) is 45.2 Å². The van der Waals surface area contributed by atoms with Gasteiger partial charge in [0.15, 0.2) is 0 Å². The van der Waals surface area contributed by atoms with E-state index < -0.39 is 0 Å². The largest absolute Gasteiger partial charge is 0.337 e. The number of thioether (sulfide) groups is 1. The number of aromatic nitrogens is 1. The highest BCUT2D eigenvalue weighted by Crippen LogP contribution is 2.29. The molecule has 0 saturated carbocycles. The van der Waals surface area contributed by atoms with Gasteiger partial charge in [-0.3, -0.25) is 4.98 Å². The quantitative estimate of drug-likeness (QED) is 0.932. The Morgan fingerprint density at radius 3 is 2.85 bits per heavy atom. The summed E-state index contributed by atoms with van der Waals surface area (Å²) in [6.45, 7) is 8.81. The van der Waals surface area contributed by atoms with Crippen LogP contribution in [0.1, 0.15) is 32.3 Å². The molecule has 5 heteroatoms. The number of hydrogen-bond acceptors (Lipinski definition) is 3. The maximum atomic E-state index is 12.2. The number of amides is 2. The van der Waals surface area contributed by atoms with Gasteiger partial charge in [0.05, 0.1) is 0 Å².